The van der Waals surface area contributed by atoms with Gasteiger partial charge in [-0.15, -0.1) is 0 Å². The van der Waals surface area contributed by atoms with Crippen molar-refractivity contribution in [2.75, 3.05) is 40.9 Å². The molecular formula is C64H116N2O6P+. The van der Waals surface area contributed by atoms with Gasteiger partial charge in [-0.25, -0.2) is 4.57 Å². The summed E-state index contributed by atoms with van der Waals surface area (Å²) in [4.78, 5) is 23.4. The first kappa shape index (κ1) is 70.4. The summed E-state index contributed by atoms with van der Waals surface area (Å²) in [5, 5.41) is 14.1. The molecule has 0 rings (SSSR count). The zero-order chi connectivity index (χ0) is 53.5. The van der Waals surface area contributed by atoms with Crippen LogP contribution in [0.4, 0.5) is 0 Å². The number of hydrogen-bond acceptors (Lipinski definition) is 5. The predicted molar refractivity (Wildman–Crippen MR) is 318 cm³/mol. The molecule has 0 aliphatic rings. The van der Waals surface area contributed by atoms with Gasteiger partial charge in [-0.05, 0) is 77.0 Å². The first-order valence-electron chi connectivity index (χ1n) is 30.1. The number of likely N-dealkylation sites (N-methyl/N-ethyl adjacent to an activating group) is 1. The molecule has 0 saturated heterocycles. The largest absolute Gasteiger partial charge is 0.472 e. The van der Waals surface area contributed by atoms with Crippen molar-refractivity contribution in [1.82, 2.24) is 5.32 Å². The molecule has 0 fully saturated rings. The number of hydrogen-bond donors (Lipinski definition) is 3. The van der Waals surface area contributed by atoms with Gasteiger partial charge in [0.25, 0.3) is 0 Å². The summed E-state index contributed by atoms with van der Waals surface area (Å²) >= 11 is 0. The van der Waals surface area contributed by atoms with E-state index in [9.17, 15) is 19.4 Å². The number of aliphatic hydroxyl groups excluding tert-OH is 1. The smallest absolute Gasteiger partial charge is 0.391 e. The molecule has 0 aromatic carbocycles. The summed E-state index contributed by atoms with van der Waals surface area (Å²) in [6, 6.07) is -0.783. The molecule has 0 aliphatic carbocycles. The third kappa shape index (κ3) is 57.0. The van der Waals surface area contributed by atoms with Crippen LogP contribution in [0.1, 0.15) is 251 Å². The monoisotopic (exact) mass is 1040 g/mol. The van der Waals surface area contributed by atoms with Gasteiger partial charge in [0.15, 0.2) is 0 Å². The van der Waals surface area contributed by atoms with Gasteiger partial charge >= 0.3 is 7.82 Å². The molecule has 422 valence electrons. The van der Waals surface area contributed by atoms with Crippen LogP contribution in [0.25, 0.3) is 0 Å². The average molecular weight is 1040 g/mol. The van der Waals surface area contributed by atoms with Crippen molar-refractivity contribution in [3.05, 3.63) is 97.2 Å². The van der Waals surface area contributed by atoms with Gasteiger partial charge in [-0.1, -0.05) is 265 Å². The number of nitrogens with zero attached hydrogens (tertiary/aromatic N) is 1. The Morgan fingerprint density at radius 1 is 0.479 bits per heavy atom. The van der Waals surface area contributed by atoms with Crippen LogP contribution in [-0.4, -0.2) is 73.4 Å². The highest BCUT2D eigenvalue weighted by Crippen LogP contribution is 2.43. The fraction of sp³-hybridized carbons (Fsp3) is 0.734. The molecule has 9 heteroatoms. The number of allylic oxidation sites excluding steroid dienone is 16. The van der Waals surface area contributed by atoms with E-state index in [0.29, 0.717) is 23.9 Å². The number of nitrogens with one attached hydrogen (secondary N) is 1. The molecule has 0 bridgehead atoms. The highest BCUT2D eigenvalue weighted by Gasteiger charge is 2.28. The van der Waals surface area contributed by atoms with E-state index in [1.807, 2.05) is 21.1 Å². The van der Waals surface area contributed by atoms with Gasteiger partial charge < -0.3 is 19.8 Å². The van der Waals surface area contributed by atoms with Crippen LogP contribution in [0.5, 0.6) is 0 Å². The number of unbranched alkanes of at least 4 members (excludes halogenated alkanes) is 25. The van der Waals surface area contributed by atoms with Crippen LogP contribution in [0.3, 0.4) is 0 Å². The Bertz CT molecular complexity index is 1510. The maximum absolute atomic E-state index is 13.0. The van der Waals surface area contributed by atoms with Crippen LogP contribution in [0.15, 0.2) is 97.2 Å². The molecule has 1 amide bonds. The fourth-order valence-electron chi connectivity index (χ4n) is 8.42. The van der Waals surface area contributed by atoms with E-state index in [1.165, 1.54) is 122 Å². The third-order valence-electron chi connectivity index (χ3n) is 13.1. The molecular weight excluding hydrogens is 924 g/mol. The quantitative estimate of drug-likeness (QED) is 0.0243. The second-order valence-electron chi connectivity index (χ2n) is 21.3. The minimum absolute atomic E-state index is 0.0644. The maximum atomic E-state index is 13.0. The van der Waals surface area contributed by atoms with E-state index in [-0.39, 0.29) is 19.1 Å². The molecule has 3 atom stereocenters. The number of carbonyl (C=O) groups excluding carboxylic acids is 1. The van der Waals surface area contributed by atoms with Crippen molar-refractivity contribution in [2.24, 2.45) is 0 Å². The molecule has 3 unspecified atom stereocenters. The summed E-state index contributed by atoms with van der Waals surface area (Å²) in [5.74, 6) is -0.170. The standard InChI is InChI=1S/C64H115N2O6P/c1-6-8-10-12-14-16-18-20-22-24-26-28-30-31-32-33-34-35-36-38-40-42-44-46-48-50-52-54-56-58-64(68)65-62(61-72-73(69,70)71-60-59-66(3,4)5)63(67)57-55-53-51-49-47-45-43-41-39-37-29-27-25-23-21-19-17-15-13-11-9-7-2/h8,10,14,16,20,22,26,28,31-32,34-35,38,40,44,46,62-63,67H,6-7,9,11-13,15,17-19,21,23-25,27,29-30,33,36-37,39,41-43,45,47-61H2,1-5H3,(H-,65,68,69,70)/p+1/b10-8-,16-14-,22-20-,28-26-,32-31-,35-34-,40-38-,46-44-. The first-order valence-corrected chi connectivity index (χ1v) is 31.6. The molecule has 0 aliphatic heterocycles. The summed E-state index contributed by atoms with van der Waals surface area (Å²) in [6.07, 6.45) is 77.5. The molecule has 0 aromatic heterocycles. The van der Waals surface area contributed by atoms with Crippen LogP contribution in [0.2, 0.25) is 0 Å². The Labute approximate surface area is 451 Å². The zero-order valence-corrected chi connectivity index (χ0v) is 49.0. The molecule has 0 saturated carbocycles. The van der Waals surface area contributed by atoms with Gasteiger partial charge in [0, 0.05) is 6.42 Å². The topological polar surface area (TPSA) is 105 Å². The van der Waals surface area contributed by atoms with Gasteiger partial charge in [-0.3, -0.25) is 13.8 Å². The number of amides is 1. The van der Waals surface area contributed by atoms with Crippen LogP contribution in [-0.2, 0) is 18.4 Å². The van der Waals surface area contributed by atoms with Crippen molar-refractivity contribution in [3.8, 4) is 0 Å². The van der Waals surface area contributed by atoms with E-state index >= 15 is 0 Å². The lowest BCUT2D eigenvalue weighted by atomic mass is 10.0. The van der Waals surface area contributed by atoms with E-state index in [4.69, 9.17) is 9.05 Å². The maximum Gasteiger partial charge on any atom is 0.472 e. The summed E-state index contributed by atoms with van der Waals surface area (Å²) < 4.78 is 23.8. The van der Waals surface area contributed by atoms with Gasteiger partial charge in [0.1, 0.15) is 13.2 Å². The van der Waals surface area contributed by atoms with Gasteiger partial charge in [-0.2, -0.15) is 0 Å². The Kier molecular flexibility index (Phi) is 52.3. The van der Waals surface area contributed by atoms with E-state index < -0.39 is 20.0 Å². The lowest BCUT2D eigenvalue weighted by Crippen LogP contribution is -2.46. The normalized spacial score (nSPS) is 14.6. The van der Waals surface area contributed by atoms with Crippen LogP contribution >= 0.6 is 7.82 Å². The first-order chi connectivity index (χ1) is 35.5. The average Bonchev–Trinajstić information content (AvgIpc) is 3.35. The Balaban J connectivity index is 4.26. The number of rotatable bonds is 54. The molecule has 0 aromatic rings. The summed E-state index contributed by atoms with van der Waals surface area (Å²) in [6.45, 7) is 4.77. The minimum atomic E-state index is -4.34. The molecule has 8 nitrogen and oxygen atoms in total. The molecule has 0 radical (unpaired) electrons. The van der Waals surface area contributed by atoms with Crippen LogP contribution < -0.4 is 5.32 Å². The van der Waals surface area contributed by atoms with Crippen molar-refractivity contribution < 1.29 is 32.9 Å². The number of carbonyl (C=O) groups is 1. The Hall–Kier alpha value is -2.58. The Morgan fingerprint density at radius 3 is 1.21 bits per heavy atom. The molecule has 3 N–H and O–H groups in total. The number of aliphatic hydroxyl groups is 1. The van der Waals surface area contributed by atoms with Crippen molar-refractivity contribution in [1.29, 1.82) is 0 Å². The second kappa shape index (κ2) is 54.2. The fourth-order valence-corrected chi connectivity index (χ4v) is 9.15. The SMILES string of the molecule is CC/C=C\C/C=C\C/C=C\C/C=C\C/C=C\C/C=C\C/C=C\C/C=C\CCCCCCC(=O)NC(COP(=O)(O)OCC[N+](C)(C)C)C(O)CCCCCCCCCCCCCCCCCCCCCCCC. The van der Waals surface area contributed by atoms with Gasteiger partial charge in [0.05, 0.1) is 39.9 Å². The highest BCUT2D eigenvalue weighted by atomic mass is 31.2. The number of quaternary nitrogens is 1. The van der Waals surface area contributed by atoms with E-state index in [1.54, 1.807) is 0 Å². The number of phosphoric ester groups is 1. The van der Waals surface area contributed by atoms with Crippen molar-refractivity contribution >= 4 is 13.7 Å². The molecule has 73 heavy (non-hydrogen) atoms. The van der Waals surface area contributed by atoms with Gasteiger partial charge in [0.2, 0.25) is 5.91 Å². The van der Waals surface area contributed by atoms with Crippen molar-refractivity contribution in [3.63, 3.8) is 0 Å². The lowest BCUT2D eigenvalue weighted by molar-refractivity contribution is -0.870. The lowest BCUT2D eigenvalue weighted by Gasteiger charge is -2.26. The molecule has 0 heterocycles. The number of phosphoric acid groups is 1. The minimum Gasteiger partial charge on any atom is -0.391 e. The predicted octanol–water partition coefficient (Wildman–Crippen LogP) is 18.6. The highest BCUT2D eigenvalue weighted by molar-refractivity contribution is 7.47. The summed E-state index contributed by atoms with van der Waals surface area (Å²) in [5.41, 5.74) is 0. The van der Waals surface area contributed by atoms with Crippen molar-refractivity contribution in [2.45, 2.75) is 264 Å². The van der Waals surface area contributed by atoms with E-state index in [2.05, 4.69) is 116 Å². The Morgan fingerprint density at radius 2 is 0.822 bits per heavy atom. The van der Waals surface area contributed by atoms with Crippen LogP contribution in [0, 0.1) is 0 Å². The summed E-state index contributed by atoms with van der Waals surface area (Å²) in [7, 11) is 1.59. The third-order valence-corrected chi connectivity index (χ3v) is 14.1. The second-order valence-corrected chi connectivity index (χ2v) is 22.8. The molecule has 0 spiro atoms. The van der Waals surface area contributed by atoms with E-state index in [0.717, 1.165) is 103 Å². The zero-order valence-electron chi connectivity index (χ0n) is 48.1.